The molecule has 2 aromatic rings. The number of amides is 4. The van der Waals surface area contributed by atoms with E-state index >= 15 is 0 Å². The molecule has 1 aliphatic rings. The summed E-state index contributed by atoms with van der Waals surface area (Å²) in [5.41, 5.74) is 1.06. The van der Waals surface area contributed by atoms with E-state index in [4.69, 9.17) is 4.74 Å². The molecule has 33 heavy (non-hydrogen) atoms. The van der Waals surface area contributed by atoms with Crippen molar-refractivity contribution in [3.8, 4) is 0 Å². The van der Waals surface area contributed by atoms with Gasteiger partial charge in [0.1, 0.15) is 5.60 Å². The maximum absolute atomic E-state index is 12.4. The zero-order valence-electron chi connectivity index (χ0n) is 18.9. The van der Waals surface area contributed by atoms with Crippen molar-refractivity contribution in [1.29, 1.82) is 0 Å². The smallest absolute Gasteiger partial charge is 0.412 e. The first-order valence-corrected chi connectivity index (χ1v) is 10.7. The first-order valence-electron chi connectivity index (χ1n) is 10.7. The lowest BCUT2D eigenvalue weighted by Crippen LogP contribution is -2.30. The average Bonchev–Trinajstić information content (AvgIpc) is 2.98. The third-order valence-corrected chi connectivity index (χ3v) is 4.72. The Kier molecular flexibility index (Phi) is 7.27. The third-order valence-electron chi connectivity index (χ3n) is 4.72. The summed E-state index contributed by atoms with van der Waals surface area (Å²) in [5.74, 6) is -0.938. The standard InChI is InChI=1S/C25H27N3O5/c1-25(2,3)33-24(32)27-20-14-9-8-13-19(20)26-21(29)15-5-4-10-16-28-22(30)17-11-6-7-12-18(17)23(28)31/h5-9,11-15H,4,10,16H2,1-3H3,(H,26,29)(H,27,32)/b15-5+. The van der Waals surface area contributed by atoms with Crippen molar-refractivity contribution in [1.82, 2.24) is 4.90 Å². The van der Waals surface area contributed by atoms with Gasteiger partial charge in [-0.25, -0.2) is 4.79 Å². The van der Waals surface area contributed by atoms with E-state index in [0.29, 0.717) is 35.3 Å². The van der Waals surface area contributed by atoms with Crippen LogP contribution in [0.2, 0.25) is 0 Å². The number of nitrogens with zero attached hydrogens (tertiary/aromatic N) is 1. The van der Waals surface area contributed by atoms with E-state index in [9.17, 15) is 19.2 Å². The van der Waals surface area contributed by atoms with E-state index in [1.807, 2.05) is 0 Å². The van der Waals surface area contributed by atoms with Crippen LogP contribution in [0.25, 0.3) is 0 Å². The predicted molar refractivity (Wildman–Crippen MR) is 125 cm³/mol. The molecule has 8 nitrogen and oxygen atoms in total. The van der Waals surface area contributed by atoms with E-state index in [1.165, 1.54) is 11.0 Å². The van der Waals surface area contributed by atoms with E-state index in [0.717, 1.165) is 0 Å². The highest BCUT2D eigenvalue weighted by molar-refractivity contribution is 6.21. The Bertz CT molecular complexity index is 1070. The second-order valence-electron chi connectivity index (χ2n) is 8.51. The summed E-state index contributed by atoms with van der Waals surface area (Å²) in [5, 5.41) is 5.35. The number of hydrogen-bond donors (Lipinski definition) is 2. The Labute approximate surface area is 192 Å². The molecule has 8 heteroatoms. The van der Waals surface area contributed by atoms with Crippen molar-refractivity contribution in [2.24, 2.45) is 0 Å². The van der Waals surface area contributed by atoms with Crippen LogP contribution in [0.15, 0.2) is 60.7 Å². The number of allylic oxidation sites excluding steroid dienone is 1. The maximum Gasteiger partial charge on any atom is 0.412 e. The number of anilines is 2. The van der Waals surface area contributed by atoms with Gasteiger partial charge in [-0.2, -0.15) is 0 Å². The Morgan fingerprint density at radius 1 is 0.909 bits per heavy atom. The summed E-state index contributed by atoms with van der Waals surface area (Å²) < 4.78 is 5.24. The number of nitrogens with one attached hydrogen (secondary N) is 2. The molecule has 0 saturated heterocycles. The van der Waals surface area contributed by atoms with Crippen molar-refractivity contribution >= 4 is 35.2 Å². The largest absolute Gasteiger partial charge is 0.444 e. The molecule has 0 atom stereocenters. The molecule has 0 radical (unpaired) electrons. The first kappa shape index (κ1) is 23.7. The molecule has 2 aromatic carbocycles. The van der Waals surface area contributed by atoms with Crippen LogP contribution >= 0.6 is 0 Å². The van der Waals surface area contributed by atoms with Gasteiger partial charge in [0.15, 0.2) is 0 Å². The van der Waals surface area contributed by atoms with Gasteiger partial charge in [-0.3, -0.25) is 24.6 Å². The van der Waals surface area contributed by atoms with Crippen LogP contribution < -0.4 is 10.6 Å². The summed E-state index contributed by atoms with van der Waals surface area (Å²) in [6.45, 7) is 5.57. The highest BCUT2D eigenvalue weighted by atomic mass is 16.6. The van der Waals surface area contributed by atoms with Gasteiger partial charge in [-0.15, -0.1) is 0 Å². The van der Waals surface area contributed by atoms with Crippen molar-refractivity contribution in [2.45, 2.75) is 39.2 Å². The number of para-hydroxylation sites is 2. The van der Waals surface area contributed by atoms with Crippen LogP contribution in [0.4, 0.5) is 16.2 Å². The summed E-state index contributed by atoms with van der Waals surface area (Å²) in [6, 6.07) is 13.6. The van der Waals surface area contributed by atoms with Gasteiger partial charge in [0.25, 0.3) is 11.8 Å². The third kappa shape index (κ3) is 6.29. The summed E-state index contributed by atoms with van der Waals surface area (Å²) in [7, 11) is 0. The van der Waals surface area contributed by atoms with Gasteiger partial charge in [-0.1, -0.05) is 30.3 Å². The fourth-order valence-electron chi connectivity index (χ4n) is 3.29. The van der Waals surface area contributed by atoms with E-state index < -0.39 is 11.7 Å². The number of carbonyl (C=O) groups is 4. The quantitative estimate of drug-likeness (QED) is 0.365. The van der Waals surface area contributed by atoms with E-state index in [-0.39, 0.29) is 24.3 Å². The lowest BCUT2D eigenvalue weighted by atomic mass is 10.1. The molecule has 2 N–H and O–H groups in total. The molecular formula is C25H27N3O5. The summed E-state index contributed by atoms with van der Waals surface area (Å²) >= 11 is 0. The number of carbonyl (C=O) groups excluding carboxylic acids is 4. The molecule has 0 saturated carbocycles. The first-order chi connectivity index (χ1) is 15.7. The van der Waals surface area contributed by atoms with Crippen LogP contribution in [-0.4, -0.2) is 40.9 Å². The minimum atomic E-state index is -0.641. The summed E-state index contributed by atoms with van der Waals surface area (Å²) in [6.07, 6.45) is 3.49. The number of rotatable bonds is 7. The molecule has 1 heterocycles. The number of unbranched alkanes of at least 4 members (excludes halogenated alkanes) is 1. The topological polar surface area (TPSA) is 105 Å². The SMILES string of the molecule is CC(C)(C)OC(=O)Nc1ccccc1NC(=O)/C=C/CCCN1C(=O)c2ccccc2C1=O. The molecule has 172 valence electrons. The van der Waals surface area contributed by atoms with Gasteiger partial charge in [0, 0.05) is 6.54 Å². The van der Waals surface area contributed by atoms with Crippen LogP contribution in [-0.2, 0) is 9.53 Å². The Balaban J connectivity index is 1.48. The highest BCUT2D eigenvalue weighted by Crippen LogP contribution is 2.23. The molecule has 0 aromatic heterocycles. The minimum absolute atomic E-state index is 0.279. The zero-order valence-corrected chi connectivity index (χ0v) is 18.9. The van der Waals surface area contributed by atoms with Gasteiger partial charge in [0.05, 0.1) is 22.5 Å². The van der Waals surface area contributed by atoms with Crippen molar-refractivity contribution in [3.63, 3.8) is 0 Å². The fraction of sp³-hybridized carbons (Fsp3) is 0.280. The molecule has 3 rings (SSSR count). The van der Waals surface area contributed by atoms with Gasteiger partial charge in [0.2, 0.25) is 5.91 Å². The minimum Gasteiger partial charge on any atom is -0.444 e. The molecule has 0 fully saturated rings. The molecule has 0 bridgehead atoms. The number of imide groups is 1. The molecular weight excluding hydrogens is 422 g/mol. The zero-order chi connectivity index (χ0) is 24.0. The summed E-state index contributed by atoms with van der Waals surface area (Å²) in [4.78, 5) is 50.3. The predicted octanol–water partition coefficient (Wildman–Crippen LogP) is 4.60. The molecule has 0 unspecified atom stereocenters. The van der Waals surface area contributed by atoms with Crippen LogP contribution in [0.3, 0.4) is 0 Å². The van der Waals surface area contributed by atoms with Gasteiger partial charge in [-0.05, 0) is 64.0 Å². The normalized spacial score (nSPS) is 13.2. The van der Waals surface area contributed by atoms with Crippen molar-refractivity contribution < 1.29 is 23.9 Å². The van der Waals surface area contributed by atoms with Gasteiger partial charge < -0.3 is 10.1 Å². The van der Waals surface area contributed by atoms with E-state index in [2.05, 4.69) is 10.6 Å². The number of ether oxygens (including phenoxy) is 1. The molecule has 1 aliphatic heterocycles. The second-order valence-corrected chi connectivity index (χ2v) is 8.51. The van der Waals surface area contributed by atoms with Crippen molar-refractivity contribution in [2.75, 3.05) is 17.2 Å². The van der Waals surface area contributed by atoms with Crippen LogP contribution in [0, 0.1) is 0 Å². The monoisotopic (exact) mass is 449 g/mol. The second kappa shape index (κ2) is 10.1. The Morgan fingerprint density at radius 2 is 1.45 bits per heavy atom. The lowest BCUT2D eigenvalue weighted by Gasteiger charge is -2.20. The molecule has 0 spiro atoms. The average molecular weight is 450 g/mol. The van der Waals surface area contributed by atoms with Gasteiger partial charge >= 0.3 is 6.09 Å². The van der Waals surface area contributed by atoms with E-state index in [1.54, 1.807) is 75.4 Å². The molecule has 0 aliphatic carbocycles. The molecule has 4 amide bonds. The number of fused-ring (bicyclic) bond motifs is 1. The van der Waals surface area contributed by atoms with Crippen LogP contribution in [0.1, 0.15) is 54.3 Å². The van der Waals surface area contributed by atoms with Crippen LogP contribution in [0.5, 0.6) is 0 Å². The number of hydrogen-bond acceptors (Lipinski definition) is 5. The highest BCUT2D eigenvalue weighted by Gasteiger charge is 2.34. The Morgan fingerprint density at radius 3 is 2.03 bits per heavy atom. The maximum atomic E-state index is 12.4. The lowest BCUT2D eigenvalue weighted by molar-refractivity contribution is -0.111. The Hall–Kier alpha value is -3.94. The van der Waals surface area contributed by atoms with Crippen molar-refractivity contribution in [3.05, 3.63) is 71.8 Å². The fourth-order valence-corrected chi connectivity index (χ4v) is 3.29. The number of benzene rings is 2.